The molecule has 36 heavy (non-hydrogen) atoms. The van der Waals surface area contributed by atoms with E-state index in [0.717, 1.165) is 0 Å². The van der Waals surface area contributed by atoms with Crippen LogP contribution < -0.4 is 10.1 Å². The third kappa shape index (κ3) is 7.03. The van der Waals surface area contributed by atoms with Gasteiger partial charge in [0.05, 0.1) is 18.0 Å². The Balaban J connectivity index is 1.55. The molecule has 1 unspecified atom stereocenters. The molecule has 1 aliphatic heterocycles. The van der Waals surface area contributed by atoms with Crippen molar-refractivity contribution in [3.8, 4) is 5.75 Å². The maximum absolute atomic E-state index is 13.0. The first-order valence-corrected chi connectivity index (χ1v) is 11.5. The zero-order valence-corrected chi connectivity index (χ0v) is 20.3. The molecule has 2 aromatic rings. The maximum Gasteiger partial charge on any atom is 0.409 e. The molecule has 1 aliphatic rings. The summed E-state index contributed by atoms with van der Waals surface area (Å²) in [5.74, 6) is -0.531. The van der Waals surface area contributed by atoms with Gasteiger partial charge in [0, 0.05) is 38.5 Å². The summed E-state index contributed by atoms with van der Waals surface area (Å²) in [6.07, 6.45) is 4.04. The summed E-state index contributed by atoms with van der Waals surface area (Å²) in [6, 6.07) is 5.25. The van der Waals surface area contributed by atoms with Crippen LogP contribution in [0.5, 0.6) is 5.75 Å². The third-order valence-corrected chi connectivity index (χ3v) is 5.58. The Morgan fingerprint density at radius 1 is 1.11 bits per heavy atom. The number of rotatable bonds is 8. The van der Waals surface area contributed by atoms with Gasteiger partial charge in [-0.25, -0.2) is 4.79 Å². The highest BCUT2D eigenvalue weighted by atomic mass is 19.3. The summed E-state index contributed by atoms with van der Waals surface area (Å²) >= 11 is 0. The van der Waals surface area contributed by atoms with Gasteiger partial charge < -0.3 is 24.6 Å². The summed E-state index contributed by atoms with van der Waals surface area (Å²) in [5.41, 5.74) is 1.62. The highest BCUT2D eigenvalue weighted by Gasteiger charge is 2.29. The smallest absolute Gasteiger partial charge is 0.409 e. The van der Waals surface area contributed by atoms with Gasteiger partial charge in [0.1, 0.15) is 11.8 Å². The van der Waals surface area contributed by atoms with E-state index in [1.807, 2.05) is 0 Å². The third-order valence-electron chi connectivity index (χ3n) is 5.58. The molecule has 12 heteroatoms. The van der Waals surface area contributed by atoms with E-state index >= 15 is 0 Å². The van der Waals surface area contributed by atoms with E-state index in [9.17, 15) is 23.2 Å². The molecule has 10 nitrogen and oxygen atoms in total. The number of hydrogen-bond acceptors (Lipinski definition) is 6. The topological polar surface area (TPSA) is 106 Å². The number of carbonyl (C=O) groups is 3. The zero-order chi connectivity index (χ0) is 26.2. The van der Waals surface area contributed by atoms with E-state index in [4.69, 9.17) is 4.74 Å². The van der Waals surface area contributed by atoms with Gasteiger partial charge in [-0.05, 0) is 44.5 Å². The largest absolute Gasteiger partial charge is 0.450 e. The summed E-state index contributed by atoms with van der Waals surface area (Å²) in [6.45, 7) is 4.16. The summed E-state index contributed by atoms with van der Waals surface area (Å²) < 4.78 is 35.3. The number of aromatic nitrogens is 2. The van der Waals surface area contributed by atoms with E-state index in [2.05, 4.69) is 15.2 Å². The molecule has 1 atom stereocenters. The number of halogens is 2. The van der Waals surface area contributed by atoms with Crippen LogP contribution in [0.2, 0.25) is 0 Å². The lowest BCUT2D eigenvalue weighted by molar-refractivity contribution is -0.136. The predicted octanol–water partition coefficient (Wildman–Crippen LogP) is 3.31. The van der Waals surface area contributed by atoms with Crippen molar-refractivity contribution in [3.63, 3.8) is 0 Å². The minimum atomic E-state index is -2.90. The van der Waals surface area contributed by atoms with Crippen molar-refractivity contribution >= 4 is 29.7 Å². The molecule has 0 saturated carbocycles. The van der Waals surface area contributed by atoms with E-state index in [1.165, 1.54) is 29.0 Å². The fourth-order valence-electron chi connectivity index (χ4n) is 3.61. The van der Waals surface area contributed by atoms with Crippen molar-refractivity contribution in [2.45, 2.75) is 33.4 Å². The second kappa shape index (κ2) is 12.1. The van der Waals surface area contributed by atoms with Crippen molar-refractivity contribution < 1.29 is 32.6 Å². The fraction of sp³-hybridized carbons (Fsp3) is 0.417. The average molecular weight is 506 g/mol. The molecule has 0 aliphatic carbocycles. The average Bonchev–Trinajstić information content (AvgIpc) is 3.22. The number of aryl methyl sites for hydroxylation is 1. The molecule has 0 bridgehead atoms. The number of benzene rings is 1. The Bertz CT molecular complexity index is 1090. The Labute approximate surface area is 207 Å². The van der Waals surface area contributed by atoms with E-state index in [-0.39, 0.29) is 17.7 Å². The van der Waals surface area contributed by atoms with Gasteiger partial charge in [-0.1, -0.05) is 12.1 Å². The van der Waals surface area contributed by atoms with Crippen molar-refractivity contribution in [2.75, 3.05) is 38.1 Å². The van der Waals surface area contributed by atoms with Crippen LogP contribution in [0.4, 0.5) is 19.3 Å². The van der Waals surface area contributed by atoms with Gasteiger partial charge in [0.2, 0.25) is 11.8 Å². The Morgan fingerprint density at radius 3 is 2.36 bits per heavy atom. The van der Waals surface area contributed by atoms with Crippen LogP contribution in [0.15, 0.2) is 36.5 Å². The minimum absolute atomic E-state index is 0.0270. The number of alkyl halides is 2. The number of nitrogens with zero attached hydrogens (tertiary/aromatic N) is 4. The SMILES string of the molecule is CCOC(=O)N1CCN(C(=O)C(C)n2cc(NC(=O)/C=C\c3ccc(OC(F)F)cc3)c(C)n2)CC1. The molecule has 3 amide bonds. The molecular formula is C24H29F2N5O5. The van der Waals surface area contributed by atoms with Crippen molar-refractivity contribution in [2.24, 2.45) is 0 Å². The maximum atomic E-state index is 13.0. The second-order valence-electron chi connectivity index (χ2n) is 8.07. The van der Waals surface area contributed by atoms with Crippen LogP contribution in [0, 0.1) is 6.92 Å². The van der Waals surface area contributed by atoms with Gasteiger partial charge in [-0.15, -0.1) is 0 Å². The molecule has 3 rings (SSSR count). The second-order valence-corrected chi connectivity index (χ2v) is 8.07. The van der Waals surface area contributed by atoms with Gasteiger partial charge in [0.25, 0.3) is 0 Å². The lowest BCUT2D eigenvalue weighted by Crippen LogP contribution is -2.52. The quantitative estimate of drug-likeness (QED) is 0.552. The number of nitrogens with one attached hydrogen (secondary N) is 1. The monoisotopic (exact) mass is 505 g/mol. The molecular weight excluding hydrogens is 476 g/mol. The molecule has 0 radical (unpaired) electrons. The molecule has 2 heterocycles. The van der Waals surface area contributed by atoms with Gasteiger partial charge in [-0.3, -0.25) is 14.3 Å². The van der Waals surface area contributed by atoms with E-state index in [1.54, 1.807) is 48.9 Å². The van der Waals surface area contributed by atoms with E-state index in [0.29, 0.717) is 49.7 Å². The van der Waals surface area contributed by atoms with Gasteiger partial charge in [0.15, 0.2) is 0 Å². The Kier molecular flexibility index (Phi) is 8.98. The predicted molar refractivity (Wildman–Crippen MR) is 128 cm³/mol. The number of piperazine rings is 1. The zero-order valence-electron chi connectivity index (χ0n) is 20.3. The van der Waals surface area contributed by atoms with Crippen LogP contribution in [0.3, 0.4) is 0 Å². The van der Waals surface area contributed by atoms with Gasteiger partial charge >= 0.3 is 12.7 Å². The molecule has 1 N–H and O–H groups in total. The number of carbonyl (C=O) groups excluding carboxylic acids is 3. The number of hydrogen-bond donors (Lipinski definition) is 1. The van der Waals surface area contributed by atoms with Crippen molar-refractivity contribution in [1.29, 1.82) is 0 Å². The molecule has 194 valence electrons. The van der Waals surface area contributed by atoms with Crippen molar-refractivity contribution in [3.05, 3.63) is 47.8 Å². The molecule has 1 aromatic carbocycles. The summed E-state index contributed by atoms with van der Waals surface area (Å²) in [7, 11) is 0. The normalized spacial score (nSPS) is 14.7. The number of amides is 3. The summed E-state index contributed by atoms with van der Waals surface area (Å²) in [4.78, 5) is 40.4. The lowest BCUT2D eigenvalue weighted by Gasteiger charge is -2.35. The summed E-state index contributed by atoms with van der Waals surface area (Å²) in [5, 5.41) is 7.10. The van der Waals surface area contributed by atoms with Gasteiger partial charge in [-0.2, -0.15) is 13.9 Å². The standard InChI is InChI=1S/C24H29F2N5O5/c1-4-35-24(34)30-13-11-29(12-14-30)22(33)17(3)31-15-20(16(2)28-31)27-21(32)10-7-18-5-8-19(9-6-18)36-23(25)26/h5-10,15,17,23H,4,11-14H2,1-3H3,(H,27,32)/b10-7-. The fourth-order valence-corrected chi connectivity index (χ4v) is 3.61. The Morgan fingerprint density at radius 2 is 1.75 bits per heavy atom. The highest BCUT2D eigenvalue weighted by molar-refractivity contribution is 6.02. The first kappa shape index (κ1) is 26.6. The highest BCUT2D eigenvalue weighted by Crippen LogP contribution is 2.19. The van der Waals surface area contributed by atoms with Crippen molar-refractivity contribution in [1.82, 2.24) is 19.6 Å². The van der Waals surface area contributed by atoms with E-state index < -0.39 is 18.6 Å². The number of ether oxygens (including phenoxy) is 2. The molecule has 1 saturated heterocycles. The lowest BCUT2D eigenvalue weighted by atomic mass is 10.2. The molecule has 1 fully saturated rings. The Hall–Kier alpha value is -3.96. The minimum Gasteiger partial charge on any atom is -0.450 e. The van der Waals surface area contributed by atoms with Crippen LogP contribution in [0.1, 0.15) is 31.1 Å². The number of anilines is 1. The molecule has 0 spiro atoms. The van der Waals surface area contributed by atoms with Crippen LogP contribution in [0.25, 0.3) is 6.08 Å². The first-order chi connectivity index (χ1) is 17.2. The first-order valence-electron chi connectivity index (χ1n) is 11.5. The van der Waals surface area contributed by atoms with Crippen LogP contribution in [-0.4, -0.2) is 76.9 Å². The molecule has 1 aromatic heterocycles. The van der Waals surface area contributed by atoms with Crippen LogP contribution in [-0.2, 0) is 14.3 Å². The van der Waals surface area contributed by atoms with Crippen LogP contribution >= 0.6 is 0 Å².